The molecule has 0 amide bonds. The Morgan fingerprint density at radius 3 is 2.56 bits per heavy atom. The highest BCUT2D eigenvalue weighted by Gasteiger charge is 2.30. The van der Waals surface area contributed by atoms with E-state index in [2.05, 4.69) is 11.3 Å². The summed E-state index contributed by atoms with van der Waals surface area (Å²) in [6.07, 6.45) is 1.58. The summed E-state index contributed by atoms with van der Waals surface area (Å²) in [5, 5.41) is 0. The predicted octanol–water partition coefficient (Wildman–Crippen LogP) is 0.262. The first kappa shape index (κ1) is 6.01. The lowest BCUT2D eigenvalue weighted by molar-refractivity contribution is -0.152. The first-order valence-electron chi connectivity index (χ1n) is 2.61. The van der Waals surface area contributed by atoms with Gasteiger partial charge in [0.2, 0.25) is 0 Å². The zero-order valence-electron chi connectivity index (χ0n) is 4.79. The fourth-order valence-electron chi connectivity index (χ4n) is 0.672. The lowest BCUT2D eigenvalue weighted by atomic mass is 10.1. The number of carbonyl (C=O) groups is 2. The van der Waals surface area contributed by atoms with Crippen molar-refractivity contribution in [1.29, 1.82) is 0 Å². The Kier molecular flexibility index (Phi) is 1.34. The van der Waals surface area contributed by atoms with E-state index in [9.17, 15) is 9.59 Å². The van der Waals surface area contributed by atoms with Gasteiger partial charge in [0.25, 0.3) is 0 Å². The van der Waals surface area contributed by atoms with Gasteiger partial charge >= 0.3 is 11.9 Å². The summed E-state index contributed by atoms with van der Waals surface area (Å²) in [7, 11) is 0. The average molecular weight is 126 g/mol. The second kappa shape index (κ2) is 2.01. The molecular formula is C6H6O3. The molecule has 1 rings (SSSR count). The minimum atomic E-state index is -0.477. The number of cyclic esters (lactones) is 2. The lowest BCUT2D eigenvalue weighted by Gasteiger charge is -1.89. The molecule has 0 aromatic carbocycles. The fraction of sp³-hybridized carbons (Fsp3) is 0.333. The SMILES string of the molecule is C=CC1CC(=O)OC1=O. The molecule has 1 aliphatic rings. The van der Waals surface area contributed by atoms with Gasteiger partial charge in [0.05, 0.1) is 12.3 Å². The number of esters is 2. The normalized spacial score (nSPS) is 26.0. The second-order valence-electron chi connectivity index (χ2n) is 1.84. The van der Waals surface area contributed by atoms with Gasteiger partial charge in [-0.3, -0.25) is 9.59 Å². The summed E-state index contributed by atoms with van der Waals surface area (Å²) in [5.74, 6) is -1.34. The standard InChI is InChI=1S/C6H6O3/c1-2-4-3-5(7)9-6(4)8/h2,4H,1,3H2. The third-order valence-electron chi connectivity index (χ3n) is 1.19. The van der Waals surface area contributed by atoms with Crippen molar-refractivity contribution >= 4 is 11.9 Å². The van der Waals surface area contributed by atoms with E-state index in [1.54, 1.807) is 0 Å². The molecule has 0 aliphatic carbocycles. The highest BCUT2D eigenvalue weighted by atomic mass is 16.6. The lowest BCUT2D eigenvalue weighted by Crippen LogP contribution is -2.02. The third-order valence-corrected chi connectivity index (χ3v) is 1.19. The van der Waals surface area contributed by atoms with Crippen molar-refractivity contribution in [2.75, 3.05) is 0 Å². The quantitative estimate of drug-likeness (QED) is 0.287. The number of carbonyl (C=O) groups excluding carboxylic acids is 2. The highest BCUT2D eigenvalue weighted by Crippen LogP contribution is 2.15. The van der Waals surface area contributed by atoms with Crippen LogP contribution in [0.5, 0.6) is 0 Å². The molecule has 3 heteroatoms. The van der Waals surface area contributed by atoms with E-state index in [1.165, 1.54) is 6.08 Å². The van der Waals surface area contributed by atoms with Crippen LogP contribution in [0.3, 0.4) is 0 Å². The monoisotopic (exact) mass is 126 g/mol. The second-order valence-corrected chi connectivity index (χ2v) is 1.84. The van der Waals surface area contributed by atoms with E-state index in [0.717, 1.165) is 0 Å². The molecule has 1 saturated heterocycles. The van der Waals surface area contributed by atoms with Crippen LogP contribution in [0.1, 0.15) is 6.42 Å². The minimum Gasteiger partial charge on any atom is -0.393 e. The molecule has 1 heterocycles. The molecule has 0 aromatic heterocycles. The summed E-state index contributed by atoms with van der Waals surface area (Å²) in [6.45, 7) is 3.37. The first-order chi connectivity index (χ1) is 4.24. The molecule has 1 aliphatic heterocycles. The van der Waals surface area contributed by atoms with Crippen LogP contribution in [-0.2, 0) is 14.3 Å². The van der Waals surface area contributed by atoms with E-state index >= 15 is 0 Å². The summed E-state index contributed by atoms with van der Waals surface area (Å²) in [4.78, 5) is 20.8. The zero-order valence-corrected chi connectivity index (χ0v) is 4.79. The summed E-state index contributed by atoms with van der Waals surface area (Å²) in [5.41, 5.74) is 0. The van der Waals surface area contributed by atoms with Crippen LogP contribution in [0.2, 0.25) is 0 Å². The number of hydrogen-bond acceptors (Lipinski definition) is 3. The van der Waals surface area contributed by atoms with Crippen LogP contribution in [0.4, 0.5) is 0 Å². The molecule has 1 fully saturated rings. The molecule has 0 saturated carbocycles. The van der Waals surface area contributed by atoms with Crippen molar-refractivity contribution in [3.05, 3.63) is 12.7 Å². The highest BCUT2D eigenvalue weighted by molar-refractivity contribution is 5.95. The van der Waals surface area contributed by atoms with Crippen LogP contribution in [0.15, 0.2) is 12.7 Å². The largest absolute Gasteiger partial charge is 0.393 e. The Bertz CT molecular complexity index is 171. The van der Waals surface area contributed by atoms with Gasteiger partial charge in [-0.15, -0.1) is 6.58 Å². The predicted molar refractivity (Wildman–Crippen MR) is 29.4 cm³/mol. The van der Waals surface area contributed by atoms with Gasteiger partial charge in [0.15, 0.2) is 0 Å². The molecule has 3 nitrogen and oxygen atoms in total. The minimum absolute atomic E-state index is 0.155. The summed E-state index contributed by atoms with van der Waals surface area (Å²) < 4.78 is 4.22. The Hall–Kier alpha value is -1.12. The summed E-state index contributed by atoms with van der Waals surface area (Å²) in [6, 6.07) is 0. The van der Waals surface area contributed by atoms with E-state index in [-0.39, 0.29) is 6.42 Å². The fourth-order valence-corrected chi connectivity index (χ4v) is 0.672. The van der Waals surface area contributed by atoms with Gasteiger partial charge in [0, 0.05) is 0 Å². The van der Waals surface area contributed by atoms with Crippen molar-refractivity contribution in [2.45, 2.75) is 6.42 Å². The Morgan fingerprint density at radius 1 is 1.67 bits per heavy atom. The maximum Gasteiger partial charge on any atom is 0.321 e. The Labute approximate surface area is 52.3 Å². The zero-order chi connectivity index (χ0) is 6.85. The van der Waals surface area contributed by atoms with Crippen LogP contribution in [0.25, 0.3) is 0 Å². The molecule has 1 atom stereocenters. The summed E-state index contributed by atoms with van der Waals surface area (Å²) >= 11 is 0. The van der Waals surface area contributed by atoms with Gasteiger partial charge in [-0.25, -0.2) is 0 Å². The topological polar surface area (TPSA) is 43.4 Å². The first-order valence-corrected chi connectivity index (χ1v) is 2.61. The maximum absolute atomic E-state index is 10.5. The van der Waals surface area contributed by atoms with Crippen LogP contribution < -0.4 is 0 Å². The van der Waals surface area contributed by atoms with Crippen molar-refractivity contribution in [3.63, 3.8) is 0 Å². The molecule has 0 spiro atoms. The number of rotatable bonds is 1. The molecule has 0 radical (unpaired) electrons. The maximum atomic E-state index is 10.5. The van der Waals surface area contributed by atoms with Crippen LogP contribution in [-0.4, -0.2) is 11.9 Å². The van der Waals surface area contributed by atoms with Crippen molar-refractivity contribution in [1.82, 2.24) is 0 Å². The van der Waals surface area contributed by atoms with Crippen molar-refractivity contribution in [3.8, 4) is 0 Å². The van der Waals surface area contributed by atoms with E-state index in [0.29, 0.717) is 0 Å². The van der Waals surface area contributed by atoms with Gasteiger partial charge in [0.1, 0.15) is 0 Å². The van der Waals surface area contributed by atoms with Gasteiger partial charge < -0.3 is 4.74 Å². The Morgan fingerprint density at radius 2 is 2.33 bits per heavy atom. The molecule has 0 aromatic rings. The van der Waals surface area contributed by atoms with Crippen molar-refractivity contribution < 1.29 is 14.3 Å². The molecule has 48 valence electrons. The third kappa shape index (κ3) is 0.988. The molecule has 0 bridgehead atoms. The smallest absolute Gasteiger partial charge is 0.321 e. The molecular weight excluding hydrogens is 120 g/mol. The molecule has 1 unspecified atom stereocenters. The van der Waals surface area contributed by atoms with Crippen molar-refractivity contribution in [2.24, 2.45) is 5.92 Å². The van der Waals surface area contributed by atoms with Gasteiger partial charge in [-0.2, -0.15) is 0 Å². The van der Waals surface area contributed by atoms with Gasteiger partial charge in [-0.05, 0) is 0 Å². The molecule has 9 heavy (non-hydrogen) atoms. The van der Waals surface area contributed by atoms with Gasteiger partial charge in [-0.1, -0.05) is 6.08 Å². The van der Waals surface area contributed by atoms with E-state index < -0.39 is 17.9 Å². The van der Waals surface area contributed by atoms with Crippen LogP contribution >= 0.6 is 0 Å². The number of ether oxygens (including phenoxy) is 1. The molecule has 0 N–H and O–H groups in total. The van der Waals surface area contributed by atoms with Crippen LogP contribution in [0, 0.1) is 5.92 Å². The van der Waals surface area contributed by atoms with E-state index in [1.807, 2.05) is 0 Å². The van der Waals surface area contributed by atoms with E-state index in [4.69, 9.17) is 0 Å². The average Bonchev–Trinajstić information content (AvgIpc) is 2.10. The number of hydrogen-bond donors (Lipinski definition) is 0. The Balaban J connectivity index is 2.68.